The fourth-order valence-corrected chi connectivity index (χ4v) is 3.54. The van der Waals surface area contributed by atoms with Crippen LogP contribution in [0, 0.1) is 17.1 Å². The highest BCUT2D eigenvalue weighted by molar-refractivity contribution is 7.92. The Morgan fingerprint density at radius 2 is 1.64 bits per heavy atom. The average molecular weight is 395 g/mol. The minimum absolute atomic E-state index is 0.0953. The molecule has 8 heteroatoms. The Kier molecular flexibility index (Phi) is 5.38. The van der Waals surface area contributed by atoms with Crippen molar-refractivity contribution in [2.24, 2.45) is 0 Å². The Morgan fingerprint density at radius 3 is 2.39 bits per heavy atom. The van der Waals surface area contributed by atoms with Crippen LogP contribution in [-0.2, 0) is 10.0 Å². The van der Waals surface area contributed by atoms with Crippen LogP contribution in [0.25, 0.3) is 0 Å². The van der Waals surface area contributed by atoms with Gasteiger partial charge in [-0.15, -0.1) is 0 Å². The number of carbonyl (C=O) groups is 1. The van der Waals surface area contributed by atoms with Crippen molar-refractivity contribution in [1.29, 1.82) is 5.26 Å². The van der Waals surface area contributed by atoms with Crippen molar-refractivity contribution in [3.8, 4) is 6.07 Å². The van der Waals surface area contributed by atoms with Crippen molar-refractivity contribution in [2.45, 2.75) is 4.90 Å². The number of amides is 1. The lowest BCUT2D eigenvalue weighted by Gasteiger charge is -2.10. The Morgan fingerprint density at radius 1 is 0.929 bits per heavy atom. The van der Waals surface area contributed by atoms with Gasteiger partial charge in [0.05, 0.1) is 22.2 Å². The van der Waals surface area contributed by atoms with Gasteiger partial charge in [-0.3, -0.25) is 9.52 Å². The van der Waals surface area contributed by atoms with Crippen LogP contribution in [0.15, 0.2) is 77.7 Å². The molecule has 0 saturated carbocycles. The summed E-state index contributed by atoms with van der Waals surface area (Å²) in [5.74, 6) is -1.08. The van der Waals surface area contributed by atoms with E-state index in [1.165, 1.54) is 54.6 Å². The first-order chi connectivity index (χ1) is 13.4. The highest BCUT2D eigenvalue weighted by Gasteiger charge is 2.17. The second-order valence-corrected chi connectivity index (χ2v) is 7.47. The van der Waals surface area contributed by atoms with Crippen LogP contribution in [0.4, 0.5) is 15.8 Å². The van der Waals surface area contributed by atoms with Crippen LogP contribution < -0.4 is 10.0 Å². The highest BCUT2D eigenvalue weighted by Crippen LogP contribution is 2.19. The molecule has 0 unspecified atom stereocenters. The summed E-state index contributed by atoms with van der Waals surface area (Å²) in [5.41, 5.74) is 0.889. The summed E-state index contributed by atoms with van der Waals surface area (Å²) in [7, 11) is -3.97. The molecule has 6 nitrogen and oxygen atoms in total. The second kappa shape index (κ2) is 7.90. The third-order valence-electron chi connectivity index (χ3n) is 3.73. The summed E-state index contributed by atoms with van der Waals surface area (Å²) in [6.45, 7) is 0. The minimum atomic E-state index is -3.97. The minimum Gasteiger partial charge on any atom is -0.322 e. The van der Waals surface area contributed by atoms with Crippen LogP contribution in [0.3, 0.4) is 0 Å². The molecule has 0 aliphatic heterocycles. The van der Waals surface area contributed by atoms with E-state index in [-0.39, 0.29) is 21.8 Å². The molecule has 2 N–H and O–H groups in total. The van der Waals surface area contributed by atoms with E-state index in [1.54, 1.807) is 12.1 Å². The molecule has 0 radical (unpaired) electrons. The largest absolute Gasteiger partial charge is 0.322 e. The van der Waals surface area contributed by atoms with Crippen molar-refractivity contribution in [3.63, 3.8) is 0 Å². The van der Waals surface area contributed by atoms with E-state index in [1.807, 2.05) is 6.07 Å². The standard InChI is InChI=1S/C20H14FN3O3S/c21-16-6-3-7-17(12-16)23-20(25)15-5-2-9-19(11-15)28(26,27)24-18-8-1-4-14(10-18)13-22/h1-12,24H,(H,23,25). The van der Waals surface area contributed by atoms with Gasteiger partial charge in [0.15, 0.2) is 0 Å². The lowest BCUT2D eigenvalue weighted by molar-refractivity contribution is 0.102. The molecule has 0 aliphatic carbocycles. The number of sulfonamides is 1. The number of benzene rings is 3. The third kappa shape index (κ3) is 4.52. The van der Waals surface area contributed by atoms with Crippen LogP contribution in [0.5, 0.6) is 0 Å². The number of hydrogen-bond donors (Lipinski definition) is 2. The molecule has 140 valence electrons. The number of anilines is 2. The monoisotopic (exact) mass is 395 g/mol. The van der Waals surface area contributed by atoms with E-state index in [9.17, 15) is 17.6 Å². The first kappa shape index (κ1) is 19.1. The van der Waals surface area contributed by atoms with E-state index in [2.05, 4.69) is 10.0 Å². The number of nitrogens with zero attached hydrogens (tertiary/aromatic N) is 1. The fourth-order valence-electron chi connectivity index (χ4n) is 2.44. The summed E-state index contributed by atoms with van der Waals surface area (Å²) in [5, 5.41) is 11.4. The maximum atomic E-state index is 13.2. The second-order valence-electron chi connectivity index (χ2n) is 5.79. The summed E-state index contributed by atoms with van der Waals surface area (Å²) in [4.78, 5) is 12.2. The molecule has 0 atom stereocenters. The van der Waals surface area contributed by atoms with Crippen LogP contribution in [-0.4, -0.2) is 14.3 Å². The summed E-state index contributed by atoms with van der Waals surface area (Å²) < 4.78 is 40.8. The first-order valence-corrected chi connectivity index (χ1v) is 9.56. The van der Waals surface area contributed by atoms with Crippen molar-refractivity contribution < 1.29 is 17.6 Å². The number of halogens is 1. The van der Waals surface area contributed by atoms with E-state index < -0.39 is 21.7 Å². The van der Waals surface area contributed by atoms with Crippen molar-refractivity contribution in [3.05, 3.63) is 89.7 Å². The molecule has 0 spiro atoms. The zero-order chi connectivity index (χ0) is 20.1. The molecule has 0 bridgehead atoms. The predicted octanol–water partition coefficient (Wildman–Crippen LogP) is 3.75. The molecule has 0 saturated heterocycles. The maximum absolute atomic E-state index is 13.2. The normalized spacial score (nSPS) is 10.7. The number of hydrogen-bond acceptors (Lipinski definition) is 4. The lowest BCUT2D eigenvalue weighted by atomic mass is 10.2. The quantitative estimate of drug-likeness (QED) is 0.687. The Labute approximate surface area is 161 Å². The Hall–Kier alpha value is -3.70. The predicted molar refractivity (Wildman–Crippen MR) is 103 cm³/mol. The van der Waals surface area contributed by atoms with Gasteiger partial charge in [0.25, 0.3) is 15.9 Å². The van der Waals surface area contributed by atoms with E-state index in [0.717, 1.165) is 6.07 Å². The average Bonchev–Trinajstić information content (AvgIpc) is 2.68. The van der Waals surface area contributed by atoms with Gasteiger partial charge in [0.1, 0.15) is 5.82 Å². The van der Waals surface area contributed by atoms with E-state index in [4.69, 9.17) is 5.26 Å². The van der Waals surface area contributed by atoms with Gasteiger partial charge in [0, 0.05) is 11.3 Å². The van der Waals surface area contributed by atoms with Crippen LogP contribution in [0.1, 0.15) is 15.9 Å². The molecular formula is C20H14FN3O3S. The molecule has 28 heavy (non-hydrogen) atoms. The van der Waals surface area contributed by atoms with Crippen LogP contribution >= 0.6 is 0 Å². The molecular weight excluding hydrogens is 381 g/mol. The molecule has 1 amide bonds. The Bertz CT molecular complexity index is 1190. The van der Waals surface area contributed by atoms with Gasteiger partial charge in [-0.2, -0.15) is 5.26 Å². The molecule has 0 aromatic heterocycles. The molecule has 0 aliphatic rings. The molecule has 3 aromatic carbocycles. The molecule has 0 fully saturated rings. The number of rotatable bonds is 5. The van der Waals surface area contributed by atoms with Gasteiger partial charge in [-0.25, -0.2) is 12.8 Å². The van der Waals surface area contributed by atoms with Crippen molar-refractivity contribution in [2.75, 3.05) is 10.0 Å². The van der Waals surface area contributed by atoms with E-state index in [0.29, 0.717) is 5.56 Å². The van der Waals surface area contributed by atoms with Gasteiger partial charge in [0.2, 0.25) is 0 Å². The SMILES string of the molecule is N#Cc1cccc(NS(=O)(=O)c2cccc(C(=O)Nc3cccc(F)c3)c2)c1. The number of nitriles is 1. The van der Waals surface area contributed by atoms with Gasteiger partial charge in [-0.1, -0.05) is 18.2 Å². The Balaban J connectivity index is 1.83. The fraction of sp³-hybridized carbons (Fsp3) is 0. The molecule has 3 aromatic rings. The summed E-state index contributed by atoms with van der Waals surface area (Å²) in [6, 6.07) is 18.8. The van der Waals surface area contributed by atoms with Gasteiger partial charge >= 0.3 is 0 Å². The van der Waals surface area contributed by atoms with Gasteiger partial charge < -0.3 is 5.32 Å². The highest BCUT2D eigenvalue weighted by atomic mass is 32.2. The van der Waals surface area contributed by atoms with Crippen molar-refractivity contribution in [1.82, 2.24) is 0 Å². The number of nitrogens with one attached hydrogen (secondary N) is 2. The summed E-state index contributed by atoms with van der Waals surface area (Å²) >= 11 is 0. The topological polar surface area (TPSA) is 99.1 Å². The third-order valence-corrected chi connectivity index (χ3v) is 5.11. The number of carbonyl (C=O) groups excluding carboxylic acids is 1. The van der Waals surface area contributed by atoms with Crippen LogP contribution in [0.2, 0.25) is 0 Å². The molecule has 3 rings (SSSR count). The zero-order valence-electron chi connectivity index (χ0n) is 14.4. The van der Waals surface area contributed by atoms with Crippen molar-refractivity contribution >= 4 is 27.3 Å². The summed E-state index contributed by atoms with van der Waals surface area (Å²) in [6.07, 6.45) is 0. The lowest BCUT2D eigenvalue weighted by Crippen LogP contribution is -2.16. The van der Waals surface area contributed by atoms with E-state index >= 15 is 0 Å². The maximum Gasteiger partial charge on any atom is 0.261 e. The first-order valence-electron chi connectivity index (χ1n) is 8.07. The smallest absolute Gasteiger partial charge is 0.261 e. The molecule has 0 heterocycles. The zero-order valence-corrected chi connectivity index (χ0v) is 15.2. The van der Waals surface area contributed by atoms with Gasteiger partial charge in [-0.05, 0) is 54.6 Å².